The van der Waals surface area contributed by atoms with E-state index >= 15 is 0 Å². The van der Waals surface area contributed by atoms with E-state index in [-0.39, 0.29) is 6.03 Å². The molecule has 0 aromatic carbocycles. The van der Waals surface area contributed by atoms with Crippen molar-refractivity contribution >= 4 is 23.8 Å². The first-order chi connectivity index (χ1) is 9.58. The third-order valence-corrected chi connectivity index (χ3v) is 4.05. The Morgan fingerprint density at radius 2 is 1.95 bits per heavy atom. The summed E-state index contributed by atoms with van der Waals surface area (Å²) in [4.78, 5) is 27.2. The molecular formula is C13H25N3O3S. The number of urea groups is 1. The zero-order valence-corrected chi connectivity index (χ0v) is 13.1. The van der Waals surface area contributed by atoms with E-state index in [4.69, 9.17) is 5.11 Å². The van der Waals surface area contributed by atoms with Gasteiger partial charge in [-0.2, -0.15) is 11.8 Å². The average molecular weight is 303 g/mol. The summed E-state index contributed by atoms with van der Waals surface area (Å²) >= 11 is 1.58. The van der Waals surface area contributed by atoms with Crippen molar-refractivity contribution in [1.82, 2.24) is 15.1 Å². The van der Waals surface area contributed by atoms with Crippen LogP contribution in [0.5, 0.6) is 0 Å². The van der Waals surface area contributed by atoms with Crippen molar-refractivity contribution in [2.45, 2.75) is 25.8 Å². The van der Waals surface area contributed by atoms with Crippen LogP contribution in [-0.4, -0.2) is 77.7 Å². The Bertz CT molecular complexity index is 320. The number of hydrogen-bond acceptors (Lipinski definition) is 4. The Hall–Kier alpha value is -0.950. The highest BCUT2D eigenvalue weighted by Crippen LogP contribution is 2.05. The van der Waals surface area contributed by atoms with Gasteiger partial charge in [-0.15, -0.1) is 0 Å². The molecule has 0 aromatic heterocycles. The predicted molar refractivity (Wildman–Crippen MR) is 81.3 cm³/mol. The molecule has 0 unspecified atom stereocenters. The maximum Gasteiger partial charge on any atom is 0.326 e. The lowest BCUT2D eigenvalue weighted by atomic mass is 10.2. The van der Waals surface area contributed by atoms with E-state index in [2.05, 4.69) is 17.1 Å². The van der Waals surface area contributed by atoms with Crippen LogP contribution in [0.3, 0.4) is 0 Å². The average Bonchev–Trinajstić information content (AvgIpc) is 2.44. The highest BCUT2D eigenvalue weighted by Gasteiger charge is 2.25. The molecular weight excluding hydrogens is 278 g/mol. The molecule has 1 aliphatic rings. The number of piperazine rings is 1. The van der Waals surface area contributed by atoms with Crippen molar-refractivity contribution in [3.63, 3.8) is 0 Å². The number of carboxylic acid groups (broad SMARTS) is 1. The molecule has 0 saturated carbocycles. The molecule has 2 N–H and O–H groups in total. The van der Waals surface area contributed by atoms with Gasteiger partial charge in [0.1, 0.15) is 6.04 Å². The molecule has 6 nitrogen and oxygen atoms in total. The SMILES string of the molecule is CCCN1CCN(C(=O)N[C@@H](CCSC)C(=O)O)CC1. The van der Waals surface area contributed by atoms with Gasteiger partial charge in [-0.25, -0.2) is 9.59 Å². The topological polar surface area (TPSA) is 72.9 Å². The summed E-state index contributed by atoms with van der Waals surface area (Å²) in [5.74, 6) is -0.237. The van der Waals surface area contributed by atoms with Crippen LogP contribution in [0.25, 0.3) is 0 Å². The molecule has 0 aliphatic carbocycles. The molecule has 0 aromatic rings. The van der Waals surface area contributed by atoms with E-state index in [1.165, 1.54) is 0 Å². The second-order valence-corrected chi connectivity index (χ2v) is 5.94. The minimum atomic E-state index is -0.961. The van der Waals surface area contributed by atoms with Crippen molar-refractivity contribution in [1.29, 1.82) is 0 Å². The van der Waals surface area contributed by atoms with Gasteiger partial charge in [-0.1, -0.05) is 6.92 Å². The summed E-state index contributed by atoms with van der Waals surface area (Å²) in [6, 6.07) is -1.04. The molecule has 1 saturated heterocycles. The van der Waals surface area contributed by atoms with Crippen molar-refractivity contribution in [2.24, 2.45) is 0 Å². The Kier molecular flexibility index (Phi) is 7.76. The number of aliphatic carboxylic acids is 1. The Labute approximate surface area is 124 Å². The van der Waals surface area contributed by atoms with E-state index in [1.807, 2.05) is 6.26 Å². The Balaban J connectivity index is 2.39. The van der Waals surface area contributed by atoms with E-state index in [1.54, 1.807) is 16.7 Å². The van der Waals surface area contributed by atoms with Gasteiger partial charge in [-0.3, -0.25) is 4.90 Å². The Morgan fingerprint density at radius 1 is 1.30 bits per heavy atom. The summed E-state index contributed by atoms with van der Waals surface area (Å²) in [7, 11) is 0. The fourth-order valence-corrected chi connectivity index (χ4v) is 2.70. The summed E-state index contributed by atoms with van der Waals surface area (Å²) in [5.41, 5.74) is 0. The van der Waals surface area contributed by atoms with Crippen molar-refractivity contribution < 1.29 is 14.7 Å². The zero-order chi connectivity index (χ0) is 15.0. The minimum absolute atomic E-state index is 0.255. The molecule has 0 bridgehead atoms. The van der Waals surface area contributed by atoms with Crippen LogP contribution in [0.15, 0.2) is 0 Å². The van der Waals surface area contributed by atoms with Crippen LogP contribution >= 0.6 is 11.8 Å². The lowest BCUT2D eigenvalue weighted by Gasteiger charge is -2.35. The fraction of sp³-hybridized carbons (Fsp3) is 0.846. The van der Waals surface area contributed by atoms with Crippen LogP contribution in [0.4, 0.5) is 4.79 Å². The normalized spacial score (nSPS) is 17.8. The number of nitrogens with one attached hydrogen (secondary N) is 1. The highest BCUT2D eigenvalue weighted by molar-refractivity contribution is 7.98. The summed E-state index contributed by atoms with van der Waals surface area (Å²) in [6.07, 6.45) is 3.49. The van der Waals surface area contributed by atoms with Crippen LogP contribution in [0.1, 0.15) is 19.8 Å². The van der Waals surface area contributed by atoms with E-state index in [0.29, 0.717) is 19.5 Å². The molecule has 116 valence electrons. The summed E-state index contributed by atoms with van der Waals surface area (Å²) in [6.45, 7) is 6.26. The zero-order valence-electron chi connectivity index (χ0n) is 12.3. The number of rotatable bonds is 7. The summed E-state index contributed by atoms with van der Waals surface area (Å²) < 4.78 is 0. The number of thioether (sulfide) groups is 1. The van der Waals surface area contributed by atoms with Crippen LogP contribution in [0, 0.1) is 0 Å². The van der Waals surface area contributed by atoms with Crippen LogP contribution in [0.2, 0.25) is 0 Å². The highest BCUT2D eigenvalue weighted by atomic mass is 32.2. The molecule has 1 heterocycles. The smallest absolute Gasteiger partial charge is 0.326 e. The van der Waals surface area contributed by atoms with Crippen molar-refractivity contribution in [2.75, 3.05) is 44.7 Å². The third kappa shape index (κ3) is 5.58. The summed E-state index contributed by atoms with van der Waals surface area (Å²) in [5, 5.41) is 11.7. The van der Waals surface area contributed by atoms with Gasteiger partial charge in [-0.05, 0) is 31.4 Å². The molecule has 1 fully saturated rings. The number of carbonyl (C=O) groups excluding carboxylic acids is 1. The number of hydrogen-bond donors (Lipinski definition) is 2. The lowest BCUT2D eigenvalue weighted by molar-refractivity contribution is -0.139. The van der Waals surface area contributed by atoms with Crippen LogP contribution in [-0.2, 0) is 4.79 Å². The van der Waals surface area contributed by atoms with Gasteiger partial charge in [0.25, 0.3) is 0 Å². The molecule has 1 aliphatic heterocycles. The monoisotopic (exact) mass is 303 g/mol. The molecule has 20 heavy (non-hydrogen) atoms. The lowest BCUT2D eigenvalue weighted by Crippen LogP contribution is -2.54. The number of carboxylic acids is 1. The van der Waals surface area contributed by atoms with Gasteiger partial charge in [0.15, 0.2) is 0 Å². The molecule has 7 heteroatoms. The van der Waals surface area contributed by atoms with Gasteiger partial charge in [0, 0.05) is 26.2 Å². The van der Waals surface area contributed by atoms with E-state index in [0.717, 1.165) is 31.8 Å². The molecule has 0 radical (unpaired) electrons. The number of carbonyl (C=O) groups is 2. The van der Waals surface area contributed by atoms with Gasteiger partial charge in [0.2, 0.25) is 0 Å². The molecule has 2 amide bonds. The van der Waals surface area contributed by atoms with Gasteiger partial charge in [0.05, 0.1) is 0 Å². The van der Waals surface area contributed by atoms with Gasteiger partial charge >= 0.3 is 12.0 Å². The first kappa shape index (κ1) is 17.1. The minimum Gasteiger partial charge on any atom is -0.480 e. The maximum absolute atomic E-state index is 12.1. The maximum atomic E-state index is 12.1. The quantitative estimate of drug-likeness (QED) is 0.732. The molecule has 0 spiro atoms. The van der Waals surface area contributed by atoms with Gasteiger partial charge < -0.3 is 15.3 Å². The third-order valence-electron chi connectivity index (χ3n) is 3.41. The fourth-order valence-electron chi connectivity index (χ4n) is 2.22. The van der Waals surface area contributed by atoms with E-state index in [9.17, 15) is 9.59 Å². The second kappa shape index (κ2) is 9.07. The predicted octanol–water partition coefficient (Wildman–Crippen LogP) is 0.930. The molecule has 1 atom stereocenters. The first-order valence-corrected chi connectivity index (χ1v) is 8.47. The molecule has 1 rings (SSSR count). The van der Waals surface area contributed by atoms with E-state index < -0.39 is 12.0 Å². The number of amides is 2. The largest absolute Gasteiger partial charge is 0.480 e. The number of nitrogens with zero attached hydrogens (tertiary/aromatic N) is 2. The first-order valence-electron chi connectivity index (χ1n) is 7.08. The van der Waals surface area contributed by atoms with Crippen molar-refractivity contribution in [3.05, 3.63) is 0 Å². The Morgan fingerprint density at radius 3 is 2.45 bits per heavy atom. The second-order valence-electron chi connectivity index (χ2n) is 4.95. The van der Waals surface area contributed by atoms with Crippen LogP contribution < -0.4 is 5.32 Å². The van der Waals surface area contributed by atoms with Crippen molar-refractivity contribution in [3.8, 4) is 0 Å². The standard InChI is InChI=1S/C13H25N3O3S/c1-3-5-15-6-8-16(9-7-15)13(19)14-11(12(17)18)4-10-20-2/h11H,3-10H2,1-2H3,(H,14,19)(H,17,18)/t11-/m0/s1.